The first-order valence-corrected chi connectivity index (χ1v) is 6.80. The molecule has 108 valence electrons. The standard InChI is InChI=1S/C14H26N4O/c1-6-7-18(10-14(3,4)9-15)13(19)12-8-16-17(5)11(12)2/h8H,6-7,9-10,15H2,1-5H3. The summed E-state index contributed by atoms with van der Waals surface area (Å²) in [6.07, 6.45) is 2.58. The van der Waals surface area contributed by atoms with Crippen molar-refractivity contribution in [1.29, 1.82) is 0 Å². The van der Waals surface area contributed by atoms with Gasteiger partial charge in [0.25, 0.3) is 5.91 Å². The number of aryl methyl sites for hydroxylation is 1. The fraction of sp³-hybridized carbons (Fsp3) is 0.714. The topological polar surface area (TPSA) is 64.2 Å². The zero-order valence-electron chi connectivity index (χ0n) is 12.7. The van der Waals surface area contributed by atoms with Crippen molar-refractivity contribution in [2.24, 2.45) is 18.2 Å². The second-order valence-electron chi connectivity index (χ2n) is 5.86. The first-order chi connectivity index (χ1) is 8.82. The van der Waals surface area contributed by atoms with Crippen LogP contribution in [0.15, 0.2) is 6.20 Å². The van der Waals surface area contributed by atoms with Crippen LogP contribution < -0.4 is 5.73 Å². The van der Waals surface area contributed by atoms with Gasteiger partial charge in [-0.25, -0.2) is 0 Å². The summed E-state index contributed by atoms with van der Waals surface area (Å²) >= 11 is 0. The number of aromatic nitrogens is 2. The minimum Gasteiger partial charge on any atom is -0.338 e. The van der Waals surface area contributed by atoms with Gasteiger partial charge >= 0.3 is 0 Å². The average molecular weight is 266 g/mol. The molecule has 0 radical (unpaired) electrons. The van der Waals surface area contributed by atoms with E-state index < -0.39 is 0 Å². The highest BCUT2D eigenvalue weighted by atomic mass is 16.2. The molecule has 1 heterocycles. The van der Waals surface area contributed by atoms with E-state index >= 15 is 0 Å². The van der Waals surface area contributed by atoms with E-state index in [9.17, 15) is 4.79 Å². The third-order valence-corrected chi connectivity index (χ3v) is 3.42. The predicted molar refractivity (Wildman–Crippen MR) is 77.0 cm³/mol. The molecule has 0 unspecified atom stereocenters. The SMILES string of the molecule is CCCN(CC(C)(C)CN)C(=O)c1cnn(C)c1C. The van der Waals surface area contributed by atoms with Crippen molar-refractivity contribution < 1.29 is 4.79 Å². The molecule has 0 aliphatic carbocycles. The molecule has 2 N–H and O–H groups in total. The Kier molecular flexibility index (Phi) is 5.11. The summed E-state index contributed by atoms with van der Waals surface area (Å²) in [6.45, 7) is 10.1. The quantitative estimate of drug-likeness (QED) is 0.850. The maximum absolute atomic E-state index is 12.6. The van der Waals surface area contributed by atoms with Gasteiger partial charge in [-0.05, 0) is 25.3 Å². The molecule has 0 atom stereocenters. The third kappa shape index (κ3) is 3.80. The van der Waals surface area contributed by atoms with Crippen LogP contribution in [0.2, 0.25) is 0 Å². The lowest BCUT2D eigenvalue weighted by atomic mass is 9.92. The first kappa shape index (κ1) is 15.7. The summed E-state index contributed by atoms with van der Waals surface area (Å²) in [5.74, 6) is 0.0500. The van der Waals surface area contributed by atoms with Crippen LogP contribution in [0, 0.1) is 12.3 Å². The number of rotatable bonds is 6. The van der Waals surface area contributed by atoms with Crippen LogP contribution in [0.5, 0.6) is 0 Å². The van der Waals surface area contributed by atoms with Crippen LogP contribution in [0.3, 0.4) is 0 Å². The van der Waals surface area contributed by atoms with Gasteiger partial charge in [0.15, 0.2) is 0 Å². The maximum atomic E-state index is 12.6. The Labute approximate surface area is 115 Å². The summed E-state index contributed by atoms with van der Waals surface area (Å²) in [7, 11) is 1.85. The number of hydrogen-bond donors (Lipinski definition) is 1. The van der Waals surface area contributed by atoms with E-state index in [0.717, 1.165) is 18.7 Å². The van der Waals surface area contributed by atoms with Crippen molar-refractivity contribution in [1.82, 2.24) is 14.7 Å². The normalized spacial score (nSPS) is 11.7. The molecule has 1 rings (SSSR count). The van der Waals surface area contributed by atoms with Crippen molar-refractivity contribution in [3.05, 3.63) is 17.5 Å². The van der Waals surface area contributed by atoms with Gasteiger partial charge in [-0.15, -0.1) is 0 Å². The second-order valence-corrected chi connectivity index (χ2v) is 5.86. The Morgan fingerprint density at radius 2 is 2.16 bits per heavy atom. The van der Waals surface area contributed by atoms with Gasteiger partial charge in [-0.3, -0.25) is 9.48 Å². The average Bonchev–Trinajstić information content (AvgIpc) is 2.68. The summed E-state index contributed by atoms with van der Waals surface area (Å²) < 4.78 is 1.73. The van der Waals surface area contributed by atoms with E-state index in [2.05, 4.69) is 25.9 Å². The number of nitrogens with two attached hydrogens (primary N) is 1. The molecule has 5 heteroatoms. The molecular weight excluding hydrogens is 240 g/mol. The Morgan fingerprint density at radius 3 is 2.58 bits per heavy atom. The van der Waals surface area contributed by atoms with Crippen LogP contribution in [0.1, 0.15) is 43.2 Å². The van der Waals surface area contributed by atoms with E-state index in [0.29, 0.717) is 18.7 Å². The maximum Gasteiger partial charge on any atom is 0.257 e. The number of amides is 1. The Hall–Kier alpha value is -1.36. The molecule has 1 amide bonds. The summed E-state index contributed by atoms with van der Waals surface area (Å²) in [5, 5.41) is 4.14. The summed E-state index contributed by atoms with van der Waals surface area (Å²) in [5.41, 5.74) is 7.28. The van der Waals surface area contributed by atoms with Crippen LogP contribution >= 0.6 is 0 Å². The molecule has 0 aliphatic heterocycles. The molecule has 5 nitrogen and oxygen atoms in total. The van der Waals surface area contributed by atoms with Gasteiger partial charge < -0.3 is 10.6 Å². The van der Waals surface area contributed by atoms with Crippen molar-refractivity contribution in [3.63, 3.8) is 0 Å². The van der Waals surface area contributed by atoms with E-state index in [1.165, 1.54) is 0 Å². The summed E-state index contributed by atoms with van der Waals surface area (Å²) in [4.78, 5) is 14.5. The monoisotopic (exact) mass is 266 g/mol. The van der Waals surface area contributed by atoms with Crippen LogP contribution in [-0.2, 0) is 7.05 Å². The number of carbonyl (C=O) groups is 1. The van der Waals surface area contributed by atoms with E-state index in [4.69, 9.17) is 5.73 Å². The highest BCUT2D eigenvalue weighted by Gasteiger charge is 2.25. The zero-order chi connectivity index (χ0) is 14.6. The van der Waals surface area contributed by atoms with E-state index in [1.807, 2.05) is 18.9 Å². The first-order valence-electron chi connectivity index (χ1n) is 6.80. The lowest BCUT2D eigenvalue weighted by molar-refractivity contribution is 0.0688. The Morgan fingerprint density at radius 1 is 1.53 bits per heavy atom. The number of hydrogen-bond acceptors (Lipinski definition) is 3. The van der Waals surface area contributed by atoms with Crippen molar-refractivity contribution in [2.75, 3.05) is 19.6 Å². The molecule has 0 spiro atoms. The molecule has 0 fully saturated rings. The molecule has 0 bridgehead atoms. The van der Waals surface area contributed by atoms with Crippen LogP contribution in [0.25, 0.3) is 0 Å². The van der Waals surface area contributed by atoms with Gasteiger partial charge in [0.1, 0.15) is 0 Å². The van der Waals surface area contributed by atoms with Crippen LogP contribution in [-0.4, -0.2) is 40.2 Å². The Balaban J connectivity index is 2.93. The number of nitrogens with zero attached hydrogens (tertiary/aromatic N) is 3. The summed E-state index contributed by atoms with van der Waals surface area (Å²) in [6, 6.07) is 0. The lowest BCUT2D eigenvalue weighted by Crippen LogP contribution is -2.42. The van der Waals surface area contributed by atoms with Crippen molar-refractivity contribution >= 4 is 5.91 Å². The third-order valence-electron chi connectivity index (χ3n) is 3.42. The minimum atomic E-state index is -0.0685. The zero-order valence-corrected chi connectivity index (χ0v) is 12.7. The van der Waals surface area contributed by atoms with Gasteiger partial charge in [-0.2, -0.15) is 5.10 Å². The largest absolute Gasteiger partial charge is 0.338 e. The molecule has 19 heavy (non-hydrogen) atoms. The van der Waals surface area contributed by atoms with E-state index in [-0.39, 0.29) is 11.3 Å². The molecule has 0 saturated heterocycles. The predicted octanol–water partition coefficient (Wildman–Crippen LogP) is 1.57. The highest BCUT2D eigenvalue weighted by Crippen LogP contribution is 2.18. The fourth-order valence-electron chi connectivity index (χ4n) is 1.98. The van der Waals surface area contributed by atoms with Gasteiger partial charge in [-0.1, -0.05) is 20.8 Å². The van der Waals surface area contributed by atoms with Gasteiger partial charge in [0, 0.05) is 25.8 Å². The van der Waals surface area contributed by atoms with Crippen LogP contribution in [0.4, 0.5) is 0 Å². The van der Waals surface area contributed by atoms with Gasteiger partial charge in [0.05, 0.1) is 11.8 Å². The van der Waals surface area contributed by atoms with E-state index in [1.54, 1.807) is 10.9 Å². The molecule has 1 aromatic heterocycles. The highest BCUT2D eigenvalue weighted by molar-refractivity contribution is 5.95. The smallest absolute Gasteiger partial charge is 0.257 e. The molecule has 1 aromatic rings. The molecular formula is C14H26N4O. The minimum absolute atomic E-state index is 0.0500. The Bertz CT molecular complexity index is 437. The fourth-order valence-corrected chi connectivity index (χ4v) is 1.98. The molecule has 0 aromatic carbocycles. The second kappa shape index (κ2) is 6.19. The molecule has 0 saturated carbocycles. The number of carbonyl (C=O) groups excluding carboxylic acids is 1. The van der Waals surface area contributed by atoms with Crippen molar-refractivity contribution in [3.8, 4) is 0 Å². The van der Waals surface area contributed by atoms with Crippen molar-refractivity contribution in [2.45, 2.75) is 34.1 Å². The molecule has 0 aliphatic rings. The van der Waals surface area contributed by atoms with Gasteiger partial charge in [0.2, 0.25) is 0 Å². The lowest BCUT2D eigenvalue weighted by Gasteiger charge is -2.31.